The van der Waals surface area contributed by atoms with E-state index in [2.05, 4.69) is 13.8 Å². The van der Waals surface area contributed by atoms with Crippen molar-refractivity contribution in [1.29, 1.82) is 0 Å². The van der Waals surface area contributed by atoms with E-state index in [1.165, 1.54) is 6.42 Å². The fraction of sp³-hybridized carbons (Fsp3) is 1.00. The summed E-state index contributed by atoms with van der Waals surface area (Å²) in [6.07, 6.45) is 1.99. The van der Waals surface area contributed by atoms with Crippen molar-refractivity contribution in [1.82, 2.24) is 0 Å². The van der Waals surface area contributed by atoms with Crippen LogP contribution >= 0.6 is 0 Å². The van der Waals surface area contributed by atoms with E-state index in [1.54, 1.807) is 0 Å². The van der Waals surface area contributed by atoms with E-state index < -0.39 is 0 Å². The highest BCUT2D eigenvalue weighted by Gasteiger charge is 2.47. The van der Waals surface area contributed by atoms with Gasteiger partial charge in [-0.15, -0.1) is 0 Å². The molecule has 0 bridgehead atoms. The molecule has 0 radical (unpaired) electrons. The zero-order valence-corrected chi connectivity index (χ0v) is 6.13. The smallest absolute Gasteiger partial charge is 0.0578 e. The van der Waals surface area contributed by atoms with Crippen LogP contribution in [-0.4, -0.2) is 12.7 Å². The fourth-order valence-electron chi connectivity index (χ4n) is 1.98. The first kappa shape index (κ1) is 5.72. The Bertz CT molecular complexity index is 108. The second-order valence-electron chi connectivity index (χ2n) is 3.58. The Morgan fingerprint density at radius 3 is 2.67 bits per heavy atom. The van der Waals surface area contributed by atoms with Crippen LogP contribution < -0.4 is 0 Å². The van der Waals surface area contributed by atoms with Crippen molar-refractivity contribution in [2.24, 2.45) is 17.8 Å². The van der Waals surface area contributed by atoms with Gasteiger partial charge in [-0.05, 0) is 31.1 Å². The van der Waals surface area contributed by atoms with E-state index in [0.29, 0.717) is 6.10 Å². The van der Waals surface area contributed by atoms with E-state index in [0.717, 1.165) is 24.4 Å². The molecule has 1 nitrogen and oxygen atoms in total. The molecular formula is C8H14O. The lowest BCUT2D eigenvalue weighted by Gasteiger charge is -2.22. The molecule has 52 valence electrons. The number of hydrogen-bond acceptors (Lipinski definition) is 1. The van der Waals surface area contributed by atoms with E-state index in [1.807, 2.05) is 0 Å². The van der Waals surface area contributed by atoms with Gasteiger partial charge in [-0.3, -0.25) is 0 Å². The molecule has 2 aliphatic rings. The van der Waals surface area contributed by atoms with Gasteiger partial charge in [-0.2, -0.15) is 0 Å². The lowest BCUT2D eigenvalue weighted by Crippen LogP contribution is -2.24. The average Bonchev–Trinajstić information content (AvgIpc) is 2.57. The topological polar surface area (TPSA) is 9.23 Å². The number of fused-ring (bicyclic) bond motifs is 1. The highest BCUT2D eigenvalue weighted by molar-refractivity contribution is 4.96. The zero-order valence-electron chi connectivity index (χ0n) is 6.13. The lowest BCUT2D eigenvalue weighted by molar-refractivity contribution is -0.00806. The van der Waals surface area contributed by atoms with Crippen LogP contribution in [0.2, 0.25) is 0 Å². The molecule has 1 aliphatic heterocycles. The molecule has 1 saturated heterocycles. The van der Waals surface area contributed by atoms with Crippen molar-refractivity contribution < 1.29 is 4.74 Å². The van der Waals surface area contributed by atoms with Gasteiger partial charge in [0.2, 0.25) is 0 Å². The maximum absolute atomic E-state index is 5.54. The SMILES string of the molecule is CC1COC(C)C2CC12. The minimum Gasteiger partial charge on any atom is -0.378 e. The van der Waals surface area contributed by atoms with Gasteiger partial charge in [0.25, 0.3) is 0 Å². The molecule has 2 rings (SSSR count). The molecule has 1 heterocycles. The third-order valence-corrected chi connectivity index (χ3v) is 2.85. The molecular weight excluding hydrogens is 112 g/mol. The molecule has 0 aromatic rings. The van der Waals surface area contributed by atoms with Gasteiger partial charge in [-0.1, -0.05) is 6.92 Å². The molecule has 4 atom stereocenters. The van der Waals surface area contributed by atoms with Crippen LogP contribution in [0.25, 0.3) is 0 Å². The van der Waals surface area contributed by atoms with Gasteiger partial charge in [0.15, 0.2) is 0 Å². The van der Waals surface area contributed by atoms with Crippen molar-refractivity contribution in [3.63, 3.8) is 0 Å². The molecule has 2 fully saturated rings. The monoisotopic (exact) mass is 126 g/mol. The minimum atomic E-state index is 0.561. The van der Waals surface area contributed by atoms with Crippen LogP contribution in [0.1, 0.15) is 20.3 Å². The third kappa shape index (κ3) is 0.787. The van der Waals surface area contributed by atoms with Crippen LogP contribution in [0.3, 0.4) is 0 Å². The highest BCUT2D eigenvalue weighted by atomic mass is 16.5. The highest BCUT2D eigenvalue weighted by Crippen LogP contribution is 2.50. The van der Waals surface area contributed by atoms with Gasteiger partial charge < -0.3 is 4.74 Å². The molecule has 1 aliphatic carbocycles. The number of hydrogen-bond donors (Lipinski definition) is 0. The largest absolute Gasteiger partial charge is 0.378 e. The predicted molar refractivity (Wildman–Crippen MR) is 36.2 cm³/mol. The van der Waals surface area contributed by atoms with Crippen LogP contribution in [-0.2, 0) is 4.74 Å². The van der Waals surface area contributed by atoms with E-state index in [-0.39, 0.29) is 0 Å². The second kappa shape index (κ2) is 1.72. The van der Waals surface area contributed by atoms with Crippen molar-refractivity contribution in [2.75, 3.05) is 6.61 Å². The quantitative estimate of drug-likeness (QED) is 0.480. The molecule has 9 heavy (non-hydrogen) atoms. The standard InChI is InChI=1S/C8H14O/c1-5-4-9-6(2)8-3-7(5)8/h5-8H,3-4H2,1-2H3. The molecule has 4 unspecified atom stereocenters. The predicted octanol–water partition coefficient (Wildman–Crippen LogP) is 1.68. The summed E-state index contributed by atoms with van der Waals surface area (Å²) in [5, 5.41) is 0. The summed E-state index contributed by atoms with van der Waals surface area (Å²) >= 11 is 0. The third-order valence-electron chi connectivity index (χ3n) is 2.85. The van der Waals surface area contributed by atoms with Crippen molar-refractivity contribution >= 4 is 0 Å². The molecule has 0 amide bonds. The lowest BCUT2D eigenvalue weighted by atomic mass is 10.0. The first-order valence-corrected chi connectivity index (χ1v) is 3.90. The second-order valence-corrected chi connectivity index (χ2v) is 3.58. The Labute approximate surface area is 56.4 Å². The average molecular weight is 126 g/mol. The van der Waals surface area contributed by atoms with Gasteiger partial charge >= 0.3 is 0 Å². The fourth-order valence-corrected chi connectivity index (χ4v) is 1.98. The van der Waals surface area contributed by atoms with Crippen LogP contribution in [0.4, 0.5) is 0 Å². The van der Waals surface area contributed by atoms with E-state index in [9.17, 15) is 0 Å². The van der Waals surface area contributed by atoms with Crippen LogP contribution in [0, 0.1) is 17.8 Å². The molecule has 0 aromatic heterocycles. The summed E-state index contributed by atoms with van der Waals surface area (Å²) in [4.78, 5) is 0. The van der Waals surface area contributed by atoms with E-state index >= 15 is 0 Å². The summed E-state index contributed by atoms with van der Waals surface area (Å²) < 4.78 is 5.54. The van der Waals surface area contributed by atoms with Gasteiger partial charge in [0, 0.05) is 6.61 Å². The maximum Gasteiger partial charge on any atom is 0.0578 e. The van der Waals surface area contributed by atoms with Gasteiger partial charge in [-0.25, -0.2) is 0 Å². The van der Waals surface area contributed by atoms with Crippen LogP contribution in [0.15, 0.2) is 0 Å². The molecule has 0 aromatic carbocycles. The molecule has 0 N–H and O–H groups in total. The van der Waals surface area contributed by atoms with Crippen molar-refractivity contribution in [3.05, 3.63) is 0 Å². The normalized spacial score (nSPS) is 56.7. The number of ether oxygens (including phenoxy) is 1. The van der Waals surface area contributed by atoms with Crippen molar-refractivity contribution in [2.45, 2.75) is 26.4 Å². The Morgan fingerprint density at radius 1 is 1.22 bits per heavy atom. The maximum atomic E-state index is 5.54. The van der Waals surface area contributed by atoms with Crippen LogP contribution in [0.5, 0.6) is 0 Å². The Hall–Kier alpha value is -0.0400. The Morgan fingerprint density at radius 2 is 2.00 bits per heavy atom. The van der Waals surface area contributed by atoms with E-state index in [4.69, 9.17) is 4.74 Å². The Kier molecular flexibility index (Phi) is 1.10. The summed E-state index contributed by atoms with van der Waals surface area (Å²) in [5.41, 5.74) is 0. The summed E-state index contributed by atoms with van der Waals surface area (Å²) in [5.74, 6) is 2.79. The summed E-state index contributed by atoms with van der Waals surface area (Å²) in [6, 6.07) is 0. The van der Waals surface area contributed by atoms with Crippen molar-refractivity contribution in [3.8, 4) is 0 Å². The van der Waals surface area contributed by atoms with Gasteiger partial charge in [0.1, 0.15) is 0 Å². The molecule has 0 spiro atoms. The zero-order chi connectivity index (χ0) is 6.43. The minimum absolute atomic E-state index is 0.561. The summed E-state index contributed by atoms with van der Waals surface area (Å²) in [6.45, 7) is 5.51. The summed E-state index contributed by atoms with van der Waals surface area (Å²) in [7, 11) is 0. The molecule has 1 heteroatoms. The van der Waals surface area contributed by atoms with Gasteiger partial charge in [0.05, 0.1) is 6.10 Å². The first-order valence-electron chi connectivity index (χ1n) is 3.90. The molecule has 1 saturated carbocycles. The first-order chi connectivity index (χ1) is 4.29. The Balaban J connectivity index is 2.01. The number of rotatable bonds is 0.